The number of carbonyl (C=O) groups is 1. The lowest BCUT2D eigenvalue weighted by molar-refractivity contribution is 0.0786. The van der Waals surface area contributed by atoms with E-state index in [0.717, 1.165) is 6.54 Å². The van der Waals surface area contributed by atoms with Crippen LogP contribution in [0.25, 0.3) is 0 Å². The molecule has 0 radical (unpaired) electrons. The molecule has 0 heterocycles. The highest BCUT2D eigenvalue weighted by molar-refractivity contribution is 6.35. The van der Waals surface area contributed by atoms with E-state index in [4.69, 9.17) is 23.2 Å². The average Bonchev–Trinajstić information content (AvgIpc) is 2.28. The van der Waals surface area contributed by atoms with E-state index < -0.39 is 0 Å². The third-order valence-corrected chi connectivity index (χ3v) is 2.95. The molecule has 1 aromatic carbocycles. The highest BCUT2D eigenvalue weighted by atomic mass is 35.5. The minimum atomic E-state index is -0.112. The van der Waals surface area contributed by atoms with Crippen molar-refractivity contribution in [3.8, 4) is 0 Å². The molecule has 94 valence electrons. The summed E-state index contributed by atoms with van der Waals surface area (Å²) in [5.74, 6) is -0.112. The Bertz CT molecular complexity index is 407. The van der Waals surface area contributed by atoms with Crippen LogP contribution < -0.4 is 0 Å². The van der Waals surface area contributed by atoms with Crippen LogP contribution in [-0.4, -0.2) is 49.9 Å². The second kappa shape index (κ2) is 6.24. The first kappa shape index (κ1) is 14.3. The molecule has 5 heteroatoms. The van der Waals surface area contributed by atoms with Crippen molar-refractivity contribution in [3.05, 3.63) is 33.8 Å². The number of carbonyl (C=O) groups excluding carboxylic acids is 1. The van der Waals surface area contributed by atoms with Gasteiger partial charge in [0.2, 0.25) is 0 Å². The SMILES string of the molecule is CN(C)CCN(C)C(=O)c1cc(Cl)ccc1Cl. The standard InChI is InChI=1S/C12H16Cl2N2O/c1-15(2)6-7-16(3)12(17)10-8-9(13)4-5-11(10)14/h4-5,8H,6-7H2,1-3H3. The molecule has 0 aliphatic heterocycles. The van der Waals surface area contributed by atoms with Crippen LogP contribution in [-0.2, 0) is 0 Å². The Morgan fingerprint density at radius 1 is 1.18 bits per heavy atom. The van der Waals surface area contributed by atoms with Crippen LogP contribution in [0.15, 0.2) is 18.2 Å². The third-order valence-electron chi connectivity index (χ3n) is 2.39. The summed E-state index contributed by atoms with van der Waals surface area (Å²) in [4.78, 5) is 15.7. The van der Waals surface area contributed by atoms with E-state index in [0.29, 0.717) is 22.2 Å². The summed E-state index contributed by atoms with van der Waals surface area (Å²) in [7, 11) is 5.68. The molecule has 0 N–H and O–H groups in total. The first-order chi connectivity index (χ1) is 7.91. The van der Waals surface area contributed by atoms with Gasteiger partial charge in [0.15, 0.2) is 0 Å². The molecule has 0 aliphatic carbocycles. The van der Waals surface area contributed by atoms with E-state index in [9.17, 15) is 4.79 Å². The average molecular weight is 275 g/mol. The van der Waals surface area contributed by atoms with Gasteiger partial charge in [-0.05, 0) is 32.3 Å². The summed E-state index contributed by atoms with van der Waals surface area (Å²) in [6.07, 6.45) is 0. The molecule has 1 amide bonds. The van der Waals surface area contributed by atoms with Crippen molar-refractivity contribution < 1.29 is 4.79 Å². The van der Waals surface area contributed by atoms with Crippen LogP contribution >= 0.6 is 23.2 Å². The topological polar surface area (TPSA) is 23.6 Å². The van der Waals surface area contributed by atoms with Crippen molar-refractivity contribution in [2.45, 2.75) is 0 Å². The first-order valence-electron chi connectivity index (χ1n) is 5.27. The fourth-order valence-electron chi connectivity index (χ4n) is 1.32. The Hall–Kier alpha value is -0.770. The van der Waals surface area contributed by atoms with Gasteiger partial charge in [0.25, 0.3) is 5.91 Å². The van der Waals surface area contributed by atoms with Crippen molar-refractivity contribution in [3.63, 3.8) is 0 Å². The molecule has 0 fully saturated rings. The predicted molar refractivity (Wildman–Crippen MR) is 72.0 cm³/mol. The van der Waals surface area contributed by atoms with Gasteiger partial charge in [-0.25, -0.2) is 0 Å². The van der Waals surface area contributed by atoms with Crippen LogP contribution in [0.3, 0.4) is 0 Å². The molecule has 0 atom stereocenters. The van der Waals surface area contributed by atoms with Gasteiger partial charge >= 0.3 is 0 Å². The van der Waals surface area contributed by atoms with Gasteiger partial charge in [0, 0.05) is 25.2 Å². The lowest BCUT2D eigenvalue weighted by Gasteiger charge is -2.20. The number of rotatable bonds is 4. The molecule has 17 heavy (non-hydrogen) atoms. The summed E-state index contributed by atoms with van der Waals surface area (Å²) >= 11 is 11.8. The maximum absolute atomic E-state index is 12.1. The van der Waals surface area contributed by atoms with Gasteiger partial charge in [0.1, 0.15) is 0 Å². The Labute approximate surface area is 112 Å². The van der Waals surface area contributed by atoms with Crippen LogP contribution in [0, 0.1) is 0 Å². The van der Waals surface area contributed by atoms with Gasteiger partial charge in [-0.2, -0.15) is 0 Å². The Morgan fingerprint density at radius 2 is 1.82 bits per heavy atom. The lowest BCUT2D eigenvalue weighted by atomic mass is 10.2. The van der Waals surface area contributed by atoms with Gasteiger partial charge < -0.3 is 9.80 Å². The molecule has 1 rings (SSSR count). The quantitative estimate of drug-likeness (QED) is 0.843. The number of hydrogen-bond donors (Lipinski definition) is 0. The van der Waals surface area contributed by atoms with Crippen LogP contribution in [0.1, 0.15) is 10.4 Å². The van der Waals surface area contributed by atoms with E-state index in [1.54, 1.807) is 30.1 Å². The maximum atomic E-state index is 12.1. The summed E-state index contributed by atoms with van der Waals surface area (Å²) in [5.41, 5.74) is 0.445. The maximum Gasteiger partial charge on any atom is 0.255 e. The molecule has 0 bridgehead atoms. The fourth-order valence-corrected chi connectivity index (χ4v) is 1.69. The zero-order valence-electron chi connectivity index (χ0n) is 10.2. The van der Waals surface area contributed by atoms with E-state index in [2.05, 4.69) is 0 Å². The molecule has 0 saturated heterocycles. The number of hydrogen-bond acceptors (Lipinski definition) is 2. The normalized spacial score (nSPS) is 10.7. The van der Waals surface area contributed by atoms with E-state index in [-0.39, 0.29) is 5.91 Å². The van der Waals surface area contributed by atoms with E-state index >= 15 is 0 Å². The zero-order valence-corrected chi connectivity index (χ0v) is 11.7. The summed E-state index contributed by atoms with van der Waals surface area (Å²) in [6.45, 7) is 1.45. The summed E-state index contributed by atoms with van der Waals surface area (Å²) in [5, 5.41) is 0.940. The monoisotopic (exact) mass is 274 g/mol. The van der Waals surface area contributed by atoms with Crippen molar-refractivity contribution in [1.82, 2.24) is 9.80 Å². The second-order valence-electron chi connectivity index (χ2n) is 4.15. The van der Waals surface area contributed by atoms with Crippen molar-refractivity contribution >= 4 is 29.1 Å². The minimum Gasteiger partial charge on any atom is -0.340 e. The summed E-state index contributed by atoms with van der Waals surface area (Å²) < 4.78 is 0. The number of benzene rings is 1. The Kier molecular flexibility index (Phi) is 5.25. The molecule has 1 aromatic rings. The summed E-state index contributed by atoms with van der Waals surface area (Å²) in [6, 6.07) is 4.90. The molecule has 3 nitrogen and oxygen atoms in total. The highest BCUT2D eigenvalue weighted by Gasteiger charge is 2.15. The van der Waals surface area contributed by atoms with E-state index in [1.807, 2.05) is 19.0 Å². The molecular formula is C12H16Cl2N2O. The van der Waals surface area contributed by atoms with Gasteiger partial charge in [-0.3, -0.25) is 4.79 Å². The smallest absolute Gasteiger partial charge is 0.255 e. The van der Waals surface area contributed by atoms with Crippen LogP contribution in [0.5, 0.6) is 0 Å². The molecule has 0 aromatic heterocycles. The molecule has 0 aliphatic rings. The van der Waals surface area contributed by atoms with Crippen molar-refractivity contribution in [1.29, 1.82) is 0 Å². The number of nitrogens with zero attached hydrogens (tertiary/aromatic N) is 2. The highest BCUT2D eigenvalue weighted by Crippen LogP contribution is 2.21. The zero-order chi connectivity index (χ0) is 13.0. The molecule has 0 saturated carbocycles. The van der Waals surface area contributed by atoms with Gasteiger partial charge in [0.05, 0.1) is 10.6 Å². The Morgan fingerprint density at radius 3 is 2.41 bits per heavy atom. The first-order valence-corrected chi connectivity index (χ1v) is 6.02. The van der Waals surface area contributed by atoms with Crippen LogP contribution in [0.2, 0.25) is 10.0 Å². The van der Waals surface area contributed by atoms with Crippen LogP contribution in [0.4, 0.5) is 0 Å². The number of halogens is 2. The van der Waals surface area contributed by atoms with Gasteiger partial charge in [-0.15, -0.1) is 0 Å². The molecular weight excluding hydrogens is 259 g/mol. The van der Waals surface area contributed by atoms with E-state index in [1.165, 1.54) is 0 Å². The van der Waals surface area contributed by atoms with Gasteiger partial charge in [-0.1, -0.05) is 23.2 Å². The van der Waals surface area contributed by atoms with Crippen molar-refractivity contribution in [2.24, 2.45) is 0 Å². The molecule has 0 spiro atoms. The Balaban J connectivity index is 2.78. The predicted octanol–water partition coefficient (Wildman–Crippen LogP) is 2.63. The molecule has 0 unspecified atom stereocenters. The number of likely N-dealkylation sites (N-methyl/N-ethyl adjacent to an activating group) is 2. The minimum absolute atomic E-state index is 0.112. The second-order valence-corrected chi connectivity index (χ2v) is 5.00. The van der Waals surface area contributed by atoms with Crippen molar-refractivity contribution in [2.75, 3.05) is 34.2 Å². The fraction of sp³-hybridized carbons (Fsp3) is 0.417. The lowest BCUT2D eigenvalue weighted by Crippen LogP contribution is -2.33. The third kappa shape index (κ3) is 4.19. The number of amides is 1. The largest absolute Gasteiger partial charge is 0.340 e.